The fourth-order valence-electron chi connectivity index (χ4n) is 1.03. The highest BCUT2D eigenvalue weighted by molar-refractivity contribution is 5.87. The number of hydrogen-bond acceptors (Lipinski definition) is 2. The summed E-state index contributed by atoms with van der Waals surface area (Å²) in [6.07, 6.45) is 0.583. The van der Waals surface area contributed by atoms with E-state index in [9.17, 15) is 4.79 Å². The van der Waals surface area contributed by atoms with Crippen LogP contribution in [-0.4, -0.2) is 11.1 Å². The van der Waals surface area contributed by atoms with Gasteiger partial charge in [0.25, 0.3) is 0 Å². The normalized spacial score (nSPS) is 9.54. The number of aromatic carboxylic acids is 1. The molecule has 0 aliphatic carbocycles. The molecule has 68 valence electrons. The van der Waals surface area contributed by atoms with E-state index in [4.69, 9.17) is 10.8 Å². The SMILES string of the molecule is C=C(N)Cc1ccc(C(=O)O)cc1. The van der Waals surface area contributed by atoms with Crippen molar-refractivity contribution < 1.29 is 9.90 Å². The first-order chi connectivity index (χ1) is 6.09. The lowest BCUT2D eigenvalue weighted by Crippen LogP contribution is -2.00. The molecule has 1 aromatic rings. The van der Waals surface area contributed by atoms with Gasteiger partial charge in [-0.3, -0.25) is 0 Å². The van der Waals surface area contributed by atoms with Crippen LogP contribution in [0.4, 0.5) is 0 Å². The minimum atomic E-state index is -0.918. The van der Waals surface area contributed by atoms with Crippen molar-refractivity contribution in [3.8, 4) is 0 Å². The van der Waals surface area contributed by atoms with Crippen LogP contribution >= 0.6 is 0 Å². The Morgan fingerprint density at radius 2 is 1.92 bits per heavy atom. The molecule has 0 heterocycles. The lowest BCUT2D eigenvalue weighted by atomic mass is 10.1. The average Bonchev–Trinajstić information content (AvgIpc) is 2.04. The zero-order chi connectivity index (χ0) is 9.84. The van der Waals surface area contributed by atoms with E-state index in [0.717, 1.165) is 5.56 Å². The summed E-state index contributed by atoms with van der Waals surface area (Å²) in [5, 5.41) is 8.62. The van der Waals surface area contributed by atoms with Gasteiger partial charge in [0.2, 0.25) is 0 Å². The third-order valence-corrected chi connectivity index (χ3v) is 1.63. The maximum absolute atomic E-state index is 10.5. The van der Waals surface area contributed by atoms with Gasteiger partial charge in [-0.25, -0.2) is 4.79 Å². The molecule has 0 aromatic heterocycles. The van der Waals surface area contributed by atoms with Gasteiger partial charge in [0, 0.05) is 12.1 Å². The molecule has 0 amide bonds. The van der Waals surface area contributed by atoms with E-state index >= 15 is 0 Å². The smallest absolute Gasteiger partial charge is 0.335 e. The molecule has 13 heavy (non-hydrogen) atoms. The van der Waals surface area contributed by atoms with Gasteiger partial charge in [-0.05, 0) is 17.7 Å². The van der Waals surface area contributed by atoms with Gasteiger partial charge in [-0.2, -0.15) is 0 Å². The van der Waals surface area contributed by atoms with E-state index in [0.29, 0.717) is 12.1 Å². The maximum atomic E-state index is 10.5. The maximum Gasteiger partial charge on any atom is 0.335 e. The van der Waals surface area contributed by atoms with Crippen LogP contribution < -0.4 is 5.73 Å². The van der Waals surface area contributed by atoms with Crippen LogP contribution in [0.25, 0.3) is 0 Å². The number of nitrogens with two attached hydrogens (primary N) is 1. The Labute approximate surface area is 76.5 Å². The Morgan fingerprint density at radius 3 is 2.31 bits per heavy atom. The third kappa shape index (κ3) is 2.63. The van der Waals surface area contributed by atoms with Crippen LogP contribution in [0.1, 0.15) is 15.9 Å². The second kappa shape index (κ2) is 3.76. The van der Waals surface area contributed by atoms with Crippen LogP contribution in [-0.2, 0) is 6.42 Å². The molecule has 0 aliphatic rings. The highest BCUT2D eigenvalue weighted by Gasteiger charge is 2.01. The quantitative estimate of drug-likeness (QED) is 0.733. The topological polar surface area (TPSA) is 63.3 Å². The first-order valence-corrected chi connectivity index (χ1v) is 3.85. The van der Waals surface area contributed by atoms with Crippen molar-refractivity contribution in [1.82, 2.24) is 0 Å². The predicted octanol–water partition coefficient (Wildman–Crippen LogP) is 1.40. The molecular formula is C10H11NO2. The Balaban J connectivity index is 2.81. The molecule has 1 rings (SSSR count). The van der Waals surface area contributed by atoms with Crippen molar-refractivity contribution in [2.24, 2.45) is 5.73 Å². The van der Waals surface area contributed by atoms with E-state index < -0.39 is 5.97 Å². The van der Waals surface area contributed by atoms with E-state index in [2.05, 4.69) is 6.58 Å². The summed E-state index contributed by atoms with van der Waals surface area (Å²) < 4.78 is 0. The van der Waals surface area contributed by atoms with Gasteiger partial charge in [0.15, 0.2) is 0 Å². The van der Waals surface area contributed by atoms with Crippen molar-refractivity contribution in [1.29, 1.82) is 0 Å². The van der Waals surface area contributed by atoms with Gasteiger partial charge >= 0.3 is 5.97 Å². The highest BCUT2D eigenvalue weighted by atomic mass is 16.4. The minimum Gasteiger partial charge on any atom is -0.478 e. The summed E-state index contributed by atoms with van der Waals surface area (Å²) in [5.41, 5.74) is 7.24. The van der Waals surface area contributed by atoms with Gasteiger partial charge < -0.3 is 10.8 Å². The Morgan fingerprint density at radius 1 is 1.38 bits per heavy atom. The molecule has 3 heteroatoms. The molecule has 0 atom stereocenters. The lowest BCUT2D eigenvalue weighted by molar-refractivity contribution is 0.0697. The predicted molar refractivity (Wildman–Crippen MR) is 50.4 cm³/mol. The van der Waals surface area contributed by atoms with E-state index in [1.165, 1.54) is 0 Å². The first-order valence-electron chi connectivity index (χ1n) is 3.85. The van der Waals surface area contributed by atoms with Crippen LogP contribution in [0.3, 0.4) is 0 Å². The summed E-state index contributed by atoms with van der Waals surface area (Å²) in [4.78, 5) is 10.5. The van der Waals surface area contributed by atoms with Crippen LogP contribution in [0.2, 0.25) is 0 Å². The number of hydrogen-bond donors (Lipinski definition) is 2. The number of benzene rings is 1. The summed E-state index contributed by atoms with van der Waals surface area (Å²) in [5.74, 6) is -0.918. The minimum absolute atomic E-state index is 0.284. The molecule has 3 nitrogen and oxygen atoms in total. The van der Waals surface area contributed by atoms with Crippen molar-refractivity contribution in [2.45, 2.75) is 6.42 Å². The van der Waals surface area contributed by atoms with E-state index in [1.54, 1.807) is 24.3 Å². The molecule has 0 aliphatic heterocycles. The van der Waals surface area contributed by atoms with E-state index in [1.807, 2.05) is 0 Å². The standard InChI is InChI=1S/C10H11NO2/c1-7(11)6-8-2-4-9(5-3-8)10(12)13/h2-5H,1,6,11H2,(H,12,13). The second-order valence-corrected chi connectivity index (χ2v) is 2.84. The molecule has 0 radical (unpaired) electrons. The van der Waals surface area contributed by atoms with E-state index in [-0.39, 0.29) is 5.56 Å². The molecule has 0 spiro atoms. The first kappa shape index (κ1) is 9.32. The van der Waals surface area contributed by atoms with Crippen molar-refractivity contribution in [2.75, 3.05) is 0 Å². The zero-order valence-corrected chi connectivity index (χ0v) is 7.16. The number of rotatable bonds is 3. The summed E-state index contributed by atoms with van der Waals surface area (Å²) in [6, 6.07) is 6.59. The Kier molecular flexibility index (Phi) is 2.69. The largest absolute Gasteiger partial charge is 0.478 e. The Hall–Kier alpha value is -1.77. The van der Waals surface area contributed by atoms with Crippen molar-refractivity contribution >= 4 is 5.97 Å². The van der Waals surface area contributed by atoms with Crippen LogP contribution in [0, 0.1) is 0 Å². The van der Waals surface area contributed by atoms with Gasteiger partial charge in [0.1, 0.15) is 0 Å². The molecular weight excluding hydrogens is 166 g/mol. The van der Waals surface area contributed by atoms with Crippen molar-refractivity contribution in [3.63, 3.8) is 0 Å². The third-order valence-electron chi connectivity index (χ3n) is 1.63. The summed E-state index contributed by atoms with van der Waals surface area (Å²) in [7, 11) is 0. The van der Waals surface area contributed by atoms with Gasteiger partial charge in [-0.15, -0.1) is 0 Å². The number of carbonyl (C=O) groups is 1. The highest BCUT2D eigenvalue weighted by Crippen LogP contribution is 2.06. The second-order valence-electron chi connectivity index (χ2n) is 2.84. The monoisotopic (exact) mass is 177 g/mol. The number of carboxylic acids is 1. The molecule has 0 fully saturated rings. The number of carboxylic acid groups (broad SMARTS) is 1. The fraction of sp³-hybridized carbons (Fsp3) is 0.100. The fourth-order valence-corrected chi connectivity index (χ4v) is 1.03. The van der Waals surface area contributed by atoms with Gasteiger partial charge in [0.05, 0.1) is 5.56 Å². The zero-order valence-electron chi connectivity index (χ0n) is 7.16. The summed E-state index contributed by atoms with van der Waals surface area (Å²) >= 11 is 0. The Bertz CT molecular complexity index is 327. The lowest BCUT2D eigenvalue weighted by Gasteiger charge is -2.00. The van der Waals surface area contributed by atoms with Crippen molar-refractivity contribution in [3.05, 3.63) is 47.7 Å². The molecule has 0 bridgehead atoms. The molecule has 0 saturated carbocycles. The summed E-state index contributed by atoms with van der Waals surface area (Å²) in [6.45, 7) is 3.57. The average molecular weight is 177 g/mol. The van der Waals surface area contributed by atoms with Crippen LogP contribution in [0.5, 0.6) is 0 Å². The van der Waals surface area contributed by atoms with Crippen LogP contribution in [0.15, 0.2) is 36.5 Å². The molecule has 3 N–H and O–H groups in total. The molecule has 0 saturated heterocycles. The molecule has 1 aromatic carbocycles. The number of allylic oxidation sites excluding steroid dienone is 1. The molecule has 0 unspecified atom stereocenters. The van der Waals surface area contributed by atoms with Gasteiger partial charge in [-0.1, -0.05) is 18.7 Å².